The molecule has 0 aliphatic heterocycles. The standard InChI is InChI=1S/C19H18N2/c1-15(2)13-18(14-20)21-19(16-9-5-3-6-10-16)17-11-7-4-8-12-17/h3-12,18H,1,13H2,2H3. The minimum absolute atomic E-state index is 0.405. The Morgan fingerprint density at radius 2 is 1.52 bits per heavy atom. The van der Waals surface area contributed by atoms with E-state index in [1.807, 2.05) is 67.6 Å². The maximum atomic E-state index is 9.32. The van der Waals surface area contributed by atoms with E-state index < -0.39 is 6.04 Å². The molecular weight excluding hydrogens is 256 g/mol. The first kappa shape index (κ1) is 14.7. The van der Waals surface area contributed by atoms with Gasteiger partial charge < -0.3 is 0 Å². The highest BCUT2D eigenvalue weighted by Crippen LogP contribution is 2.14. The van der Waals surface area contributed by atoms with Gasteiger partial charge >= 0.3 is 0 Å². The van der Waals surface area contributed by atoms with Crippen LogP contribution in [-0.2, 0) is 0 Å². The number of rotatable bonds is 5. The summed E-state index contributed by atoms with van der Waals surface area (Å²) in [5, 5.41) is 9.32. The van der Waals surface area contributed by atoms with Crippen molar-refractivity contribution in [1.29, 1.82) is 5.26 Å². The average molecular weight is 274 g/mol. The fourth-order valence-corrected chi connectivity index (χ4v) is 2.11. The van der Waals surface area contributed by atoms with Crippen LogP contribution in [0, 0.1) is 11.3 Å². The third-order valence-corrected chi connectivity index (χ3v) is 3.07. The van der Waals surface area contributed by atoms with Crippen molar-refractivity contribution in [1.82, 2.24) is 0 Å². The predicted octanol–water partition coefficient (Wildman–Crippen LogP) is 4.38. The summed E-state index contributed by atoms with van der Waals surface area (Å²) in [6, 6.07) is 21.8. The van der Waals surface area contributed by atoms with Gasteiger partial charge in [-0.05, 0) is 6.92 Å². The molecule has 0 spiro atoms. The fourth-order valence-electron chi connectivity index (χ4n) is 2.11. The number of nitrogens with zero attached hydrogens (tertiary/aromatic N) is 2. The normalized spacial score (nSPS) is 11.2. The minimum Gasteiger partial charge on any atom is -0.265 e. The molecular formula is C19H18N2. The molecule has 1 atom stereocenters. The number of hydrogen-bond donors (Lipinski definition) is 0. The molecule has 0 aliphatic carbocycles. The summed E-state index contributed by atoms with van der Waals surface area (Å²) in [6.07, 6.45) is 0.583. The SMILES string of the molecule is C=C(C)CC(C#N)N=C(c1ccccc1)c1ccccc1. The monoisotopic (exact) mass is 274 g/mol. The molecule has 0 saturated carbocycles. The van der Waals surface area contributed by atoms with E-state index in [0.717, 1.165) is 22.4 Å². The van der Waals surface area contributed by atoms with Gasteiger partial charge in [-0.1, -0.05) is 66.2 Å². The van der Waals surface area contributed by atoms with Gasteiger partial charge in [-0.15, -0.1) is 6.58 Å². The number of benzene rings is 2. The van der Waals surface area contributed by atoms with Crippen molar-refractivity contribution in [2.75, 3.05) is 0 Å². The van der Waals surface area contributed by atoms with Crippen molar-refractivity contribution in [3.63, 3.8) is 0 Å². The molecule has 0 bridgehead atoms. The fraction of sp³-hybridized carbons (Fsp3) is 0.158. The van der Waals surface area contributed by atoms with Crippen molar-refractivity contribution < 1.29 is 0 Å². The molecule has 0 aliphatic rings. The Balaban J connectivity index is 2.46. The van der Waals surface area contributed by atoms with Crippen LogP contribution >= 0.6 is 0 Å². The number of aliphatic imine (C=N–C) groups is 1. The number of nitriles is 1. The van der Waals surface area contributed by atoms with Crippen LogP contribution in [-0.4, -0.2) is 11.8 Å². The first-order valence-corrected chi connectivity index (χ1v) is 6.93. The van der Waals surface area contributed by atoms with Gasteiger partial charge in [0, 0.05) is 17.5 Å². The van der Waals surface area contributed by atoms with Gasteiger partial charge in [0.05, 0.1) is 11.8 Å². The van der Waals surface area contributed by atoms with Gasteiger partial charge in [0.1, 0.15) is 6.04 Å². The molecule has 21 heavy (non-hydrogen) atoms. The summed E-state index contributed by atoms with van der Waals surface area (Å²) in [7, 11) is 0. The van der Waals surface area contributed by atoms with Gasteiger partial charge in [0.15, 0.2) is 0 Å². The van der Waals surface area contributed by atoms with Crippen LogP contribution in [0.1, 0.15) is 24.5 Å². The average Bonchev–Trinajstić information content (AvgIpc) is 2.52. The summed E-state index contributed by atoms with van der Waals surface area (Å²) in [6.45, 7) is 5.80. The van der Waals surface area contributed by atoms with E-state index >= 15 is 0 Å². The molecule has 2 rings (SSSR count). The molecule has 2 heteroatoms. The lowest BCUT2D eigenvalue weighted by Crippen LogP contribution is -2.10. The molecule has 0 amide bonds. The lowest BCUT2D eigenvalue weighted by molar-refractivity contribution is 0.818. The largest absolute Gasteiger partial charge is 0.265 e. The number of hydrogen-bond acceptors (Lipinski definition) is 2. The highest BCUT2D eigenvalue weighted by molar-refractivity contribution is 6.13. The Kier molecular flexibility index (Phi) is 5.06. The van der Waals surface area contributed by atoms with Gasteiger partial charge in [0.2, 0.25) is 0 Å². The lowest BCUT2D eigenvalue weighted by atomic mass is 10.0. The van der Waals surface area contributed by atoms with Gasteiger partial charge in [-0.3, -0.25) is 4.99 Å². The van der Waals surface area contributed by atoms with Crippen molar-refractivity contribution in [3.05, 3.63) is 83.9 Å². The van der Waals surface area contributed by atoms with Crippen LogP contribution in [0.25, 0.3) is 0 Å². The van der Waals surface area contributed by atoms with Crippen LogP contribution in [0.15, 0.2) is 77.8 Å². The second-order valence-corrected chi connectivity index (χ2v) is 5.02. The zero-order chi connectivity index (χ0) is 15.1. The molecule has 0 aromatic heterocycles. The topological polar surface area (TPSA) is 36.1 Å². The van der Waals surface area contributed by atoms with E-state index in [1.165, 1.54) is 0 Å². The van der Waals surface area contributed by atoms with E-state index in [9.17, 15) is 5.26 Å². The van der Waals surface area contributed by atoms with E-state index in [-0.39, 0.29) is 0 Å². The molecule has 0 fully saturated rings. The second kappa shape index (κ2) is 7.21. The Hall–Kier alpha value is -2.66. The van der Waals surface area contributed by atoms with Gasteiger partial charge in [-0.2, -0.15) is 5.26 Å². The maximum Gasteiger partial charge on any atom is 0.141 e. The molecule has 2 aromatic rings. The molecule has 0 radical (unpaired) electrons. The zero-order valence-electron chi connectivity index (χ0n) is 12.2. The molecule has 104 valence electrons. The molecule has 0 heterocycles. The highest BCUT2D eigenvalue weighted by Gasteiger charge is 2.11. The van der Waals surface area contributed by atoms with E-state index in [2.05, 4.69) is 17.6 Å². The smallest absolute Gasteiger partial charge is 0.141 e. The highest BCUT2D eigenvalue weighted by atomic mass is 14.8. The van der Waals surface area contributed by atoms with Crippen molar-refractivity contribution in [2.24, 2.45) is 4.99 Å². The van der Waals surface area contributed by atoms with Gasteiger partial charge in [0.25, 0.3) is 0 Å². The summed E-state index contributed by atoms with van der Waals surface area (Å²) in [5.74, 6) is 0. The summed E-state index contributed by atoms with van der Waals surface area (Å²) in [5.41, 5.74) is 3.85. The Labute approximate surface area is 126 Å². The maximum absolute atomic E-state index is 9.32. The first-order chi connectivity index (χ1) is 10.2. The Morgan fingerprint density at radius 1 is 1.05 bits per heavy atom. The lowest BCUT2D eigenvalue weighted by Gasteiger charge is -2.10. The second-order valence-electron chi connectivity index (χ2n) is 5.02. The summed E-state index contributed by atoms with van der Waals surface area (Å²) >= 11 is 0. The molecule has 0 saturated heterocycles. The zero-order valence-corrected chi connectivity index (χ0v) is 12.2. The van der Waals surface area contributed by atoms with Crippen molar-refractivity contribution in [2.45, 2.75) is 19.4 Å². The van der Waals surface area contributed by atoms with Crippen molar-refractivity contribution in [3.8, 4) is 6.07 Å². The van der Waals surface area contributed by atoms with E-state index in [1.54, 1.807) is 0 Å². The van der Waals surface area contributed by atoms with Gasteiger partial charge in [-0.25, -0.2) is 0 Å². The Morgan fingerprint density at radius 3 is 1.90 bits per heavy atom. The summed E-state index contributed by atoms with van der Waals surface area (Å²) in [4.78, 5) is 4.67. The third-order valence-electron chi connectivity index (χ3n) is 3.07. The predicted molar refractivity (Wildman–Crippen MR) is 87.4 cm³/mol. The van der Waals surface area contributed by atoms with Crippen LogP contribution < -0.4 is 0 Å². The summed E-state index contributed by atoms with van der Waals surface area (Å²) < 4.78 is 0. The third kappa shape index (κ3) is 4.15. The van der Waals surface area contributed by atoms with Crippen LogP contribution in [0.2, 0.25) is 0 Å². The van der Waals surface area contributed by atoms with Crippen LogP contribution in [0.3, 0.4) is 0 Å². The van der Waals surface area contributed by atoms with Crippen LogP contribution in [0.5, 0.6) is 0 Å². The quantitative estimate of drug-likeness (QED) is 0.588. The van der Waals surface area contributed by atoms with E-state index in [4.69, 9.17) is 0 Å². The molecule has 2 aromatic carbocycles. The minimum atomic E-state index is -0.405. The van der Waals surface area contributed by atoms with E-state index in [0.29, 0.717) is 6.42 Å². The van der Waals surface area contributed by atoms with Crippen LogP contribution in [0.4, 0.5) is 0 Å². The molecule has 2 nitrogen and oxygen atoms in total. The molecule has 0 N–H and O–H groups in total. The van der Waals surface area contributed by atoms with Crippen molar-refractivity contribution >= 4 is 5.71 Å². The first-order valence-electron chi connectivity index (χ1n) is 6.93. The Bertz CT molecular complexity index is 622. The molecule has 1 unspecified atom stereocenters.